The van der Waals surface area contributed by atoms with Crippen molar-refractivity contribution in [2.75, 3.05) is 5.32 Å². The molecule has 0 unspecified atom stereocenters. The van der Waals surface area contributed by atoms with Crippen molar-refractivity contribution >= 4 is 27.6 Å². The van der Waals surface area contributed by atoms with E-state index in [9.17, 15) is 0 Å². The molecule has 27 heavy (non-hydrogen) atoms. The van der Waals surface area contributed by atoms with Gasteiger partial charge in [-0.15, -0.1) is 0 Å². The fourth-order valence-corrected chi connectivity index (χ4v) is 3.04. The number of halogens is 1. The Morgan fingerprint density at radius 2 is 1.26 bits per heavy atom. The van der Waals surface area contributed by atoms with Crippen molar-refractivity contribution in [3.05, 3.63) is 88.9 Å². The van der Waals surface area contributed by atoms with Crippen molar-refractivity contribution in [1.82, 2.24) is 15.0 Å². The minimum absolute atomic E-state index is 0.512. The minimum atomic E-state index is 0.512. The highest BCUT2D eigenvalue weighted by atomic mass is 79.9. The summed E-state index contributed by atoms with van der Waals surface area (Å²) in [5.41, 5.74) is 3.98. The van der Waals surface area contributed by atoms with E-state index in [4.69, 9.17) is 0 Å². The molecule has 0 fully saturated rings. The van der Waals surface area contributed by atoms with Gasteiger partial charge in [0, 0.05) is 21.3 Å². The summed E-state index contributed by atoms with van der Waals surface area (Å²) in [6, 6.07) is 25.9. The lowest BCUT2D eigenvalue weighted by Gasteiger charge is -2.10. The first-order valence-corrected chi connectivity index (χ1v) is 9.38. The largest absolute Gasteiger partial charge is 0.324 e. The van der Waals surface area contributed by atoms with E-state index in [2.05, 4.69) is 43.1 Å². The molecule has 5 heteroatoms. The Kier molecular flexibility index (Phi) is 4.94. The number of aromatic nitrogens is 3. The Morgan fingerprint density at radius 3 is 1.78 bits per heavy atom. The minimum Gasteiger partial charge on any atom is -0.324 e. The summed E-state index contributed by atoms with van der Waals surface area (Å²) in [5.74, 6) is 1.79. The van der Waals surface area contributed by atoms with Crippen LogP contribution in [0.2, 0.25) is 0 Å². The molecule has 0 aliphatic rings. The molecule has 4 aromatic rings. The van der Waals surface area contributed by atoms with E-state index in [1.807, 2.05) is 78.9 Å². The highest BCUT2D eigenvalue weighted by molar-refractivity contribution is 9.10. The summed E-state index contributed by atoms with van der Waals surface area (Å²) in [4.78, 5) is 13.9. The third kappa shape index (κ3) is 4.04. The van der Waals surface area contributed by atoms with Crippen LogP contribution < -0.4 is 5.32 Å². The Labute approximate surface area is 166 Å². The predicted molar refractivity (Wildman–Crippen MR) is 113 cm³/mol. The van der Waals surface area contributed by atoms with Crippen LogP contribution in [0.15, 0.2) is 83.3 Å². The van der Waals surface area contributed by atoms with Gasteiger partial charge in [-0.3, -0.25) is 0 Å². The molecule has 0 radical (unpaired) electrons. The Morgan fingerprint density at radius 1 is 0.704 bits per heavy atom. The van der Waals surface area contributed by atoms with E-state index >= 15 is 0 Å². The fraction of sp³-hybridized carbons (Fsp3) is 0.0455. The monoisotopic (exact) mass is 416 g/mol. The fourth-order valence-electron chi connectivity index (χ4n) is 2.66. The van der Waals surface area contributed by atoms with E-state index in [1.54, 1.807) is 0 Å². The van der Waals surface area contributed by atoms with Crippen LogP contribution in [0.4, 0.5) is 11.6 Å². The molecule has 0 atom stereocenters. The number of benzene rings is 3. The second-order valence-electron chi connectivity index (χ2n) is 6.13. The average molecular weight is 417 g/mol. The van der Waals surface area contributed by atoms with Crippen molar-refractivity contribution in [3.63, 3.8) is 0 Å². The van der Waals surface area contributed by atoms with Gasteiger partial charge in [0.05, 0.1) is 0 Å². The van der Waals surface area contributed by atoms with Gasteiger partial charge in [0.15, 0.2) is 11.6 Å². The van der Waals surface area contributed by atoms with Gasteiger partial charge in [0.2, 0.25) is 5.95 Å². The topological polar surface area (TPSA) is 50.7 Å². The zero-order valence-electron chi connectivity index (χ0n) is 14.7. The van der Waals surface area contributed by atoms with Crippen molar-refractivity contribution in [3.8, 4) is 22.8 Å². The summed E-state index contributed by atoms with van der Waals surface area (Å²) in [5, 5.41) is 3.30. The predicted octanol–water partition coefficient (Wildman–Crippen LogP) is 6.02. The van der Waals surface area contributed by atoms with Crippen LogP contribution in [0.3, 0.4) is 0 Å². The van der Waals surface area contributed by atoms with Crippen molar-refractivity contribution in [1.29, 1.82) is 0 Å². The Bertz CT molecular complexity index is 1010. The SMILES string of the molecule is Cc1ccc(Nc2nc(-c3ccccc3)nc(-c3ccccc3)n2)cc1Br. The summed E-state index contributed by atoms with van der Waals surface area (Å²) < 4.78 is 1.04. The number of rotatable bonds is 4. The molecule has 0 aliphatic heterocycles. The molecule has 0 spiro atoms. The lowest BCUT2D eigenvalue weighted by Crippen LogP contribution is -2.03. The highest BCUT2D eigenvalue weighted by Gasteiger charge is 2.11. The van der Waals surface area contributed by atoms with E-state index < -0.39 is 0 Å². The zero-order valence-corrected chi connectivity index (χ0v) is 16.3. The first-order valence-electron chi connectivity index (χ1n) is 8.59. The molecule has 1 heterocycles. The van der Waals surface area contributed by atoms with Crippen molar-refractivity contribution in [2.24, 2.45) is 0 Å². The summed E-state index contributed by atoms with van der Waals surface area (Å²) >= 11 is 3.57. The molecular formula is C22H17BrN4. The van der Waals surface area contributed by atoms with Gasteiger partial charge in [-0.1, -0.05) is 82.7 Å². The summed E-state index contributed by atoms with van der Waals surface area (Å²) in [7, 11) is 0. The lowest BCUT2D eigenvalue weighted by molar-refractivity contribution is 1.07. The normalized spacial score (nSPS) is 10.6. The van der Waals surface area contributed by atoms with Crippen LogP contribution in [-0.4, -0.2) is 15.0 Å². The first kappa shape index (κ1) is 17.4. The molecule has 0 saturated heterocycles. The van der Waals surface area contributed by atoms with Gasteiger partial charge >= 0.3 is 0 Å². The number of nitrogens with zero attached hydrogens (tertiary/aromatic N) is 3. The van der Waals surface area contributed by atoms with E-state index in [1.165, 1.54) is 5.56 Å². The van der Waals surface area contributed by atoms with Crippen LogP contribution in [0.5, 0.6) is 0 Å². The summed E-state index contributed by atoms with van der Waals surface area (Å²) in [6.07, 6.45) is 0. The molecule has 0 amide bonds. The van der Waals surface area contributed by atoms with E-state index in [-0.39, 0.29) is 0 Å². The van der Waals surface area contributed by atoms with Gasteiger partial charge in [-0.25, -0.2) is 4.98 Å². The third-order valence-electron chi connectivity index (χ3n) is 4.13. The lowest BCUT2D eigenvalue weighted by atomic mass is 10.2. The number of aryl methyl sites for hydroxylation is 1. The zero-order chi connectivity index (χ0) is 18.6. The maximum absolute atomic E-state index is 4.68. The van der Waals surface area contributed by atoms with Gasteiger partial charge in [0.25, 0.3) is 0 Å². The van der Waals surface area contributed by atoms with Crippen molar-refractivity contribution in [2.45, 2.75) is 6.92 Å². The molecule has 132 valence electrons. The molecule has 1 N–H and O–H groups in total. The molecule has 3 aromatic carbocycles. The van der Waals surface area contributed by atoms with Crippen molar-refractivity contribution < 1.29 is 0 Å². The van der Waals surface area contributed by atoms with Crippen LogP contribution >= 0.6 is 15.9 Å². The van der Waals surface area contributed by atoms with Crippen LogP contribution in [0.1, 0.15) is 5.56 Å². The number of nitrogens with one attached hydrogen (secondary N) is 1. The van der Waals surface area contributed by atoms with Crippen LogP contribution in [0, 0.1) is 6.92 Å². The first-order chi connectivity index (χ1) is 13.2. The van der Waals surface area contributed by atoms with Gasteiger partial charge in [0.1, 0.15) is 0 Å². The second kappa shape index (κ2) is 7.68. The standard InChI is InChI=1S/C22H17BrN4/c1-15-12-13-18(14-19(15)23)24-22-26-20(16-8-4-2-5-9-16)25-21(27-22)17-10-6-3-7-11-17/h2-14H,1H3,(H,24,25,26,27). The second-order valence-corrected chi connectivity index (χ2v) is 6.98. The third-order valence-corrected chi connectivity index (χ3v) is 4.98. The van der Waals surface area contributed by atoms with Gasteiger partial charge in [-0.05, 0) is 24.6 Å². The molecule has 4 nitrogen and oxygen atoms in total. The molecular weight excluding hydrogens is 400 g/mol. The van der Waals surface area contributed by atoms with Gasteiger partial charge in [-0.2, -0.15) is 9.97 Å². The smallest absolute Gasteiger partial charge is 0.231 e. The Balaban J connectivity index is 1.79. The number of anilines is 2. The van der Waals surface area contributed by atoms with Crippen LogP contribution in [0.25, 0.3) is 22.8 Å². The average Bonchev–Trinajstić information content (AvgIpc) is 2.72. The number of hydrogen-bond acceptors (Lipinski definition) is 4. The molecule has 0 bridgehead atoms. The van der Waals surface area contributed by atoms with Crippen LogP contribution in [-0.2, 0) is 0 Å². The van der Waals surface area contributed by atoms with E-state index in [0.29, 0.717) is 17.6 Å². The maximum atomic E-state index is 4.68. The molecule has 0 saturated carbocycles. The van der Waals surface area contributed by atoms with Gasteiger partial charge < -0.3 is 5.32 Å². The maximum Gasteiger partial charge on any atom is 0.231 e. The Hall–Kier alpha value is -3.05. The van der Waals surface area contributed by atoms with E-state index in [0.717, 1.165) is 21.3 Å². The summed E-state index contributed by atoms with van der Waals surface area (Å²) in [6.45, 7) is 2.05. The highest BCUT2D eigenvalue weighted by Crippen LogP contribution is 2.25. The number of hydrogen-bond donors (Lipinski definition) is 1. The molecule has 4 rings (SSSR count). The molecule has 0 aliphatic carbocycles. The molecule has 1 aromatic heterocycles. The quantitative estimate of drug-likeness (QED) is 0.441.